The molecule has 1 unspecified atom stereocenters. The third-order valence-electron chi connectivity index (χ3n) is 2.16. The third-order valence-corrected chi connectivity index (χ3v) is 2.16. The first-order chi connectivity index (χ1) is 6.95. The lowest BCUT2D eigenvalue weighted by Crippen LogP contribution is -2.05. The molecule has 1 aromatic rings. The quantitative estimate of drug-likeness (QED) is 0.729. The van der Waals surface area contributed by atoms with Crippen LogP contribution in [-0.2, 0) is 11.3 Å². The van der Waals surface area contributed by atoms with E-state index in [9.17, 15) is 18.3 Å². The van der Waals surface area contributed by atoms with Crippen LogP contribution < -0.4 is 0 Å². The summed E-state index contributed by atoms with van der Waals surface area (Å²) < 4.78 is 36.6. The zero-order valence-corrected chi connectivity index (χ0v) is 8.34. The lowest BCUT2D eigenvalue weighted by molar-refractivity contribution is -0.137. The number of rotatable bonds is 3. The number of hydrogen-bond acceptors (Lipinski definition) is 0. The van der Waals surface area contributed by atoms with Crippen molar-refractivity contribution in [1.82, 2.24) is 0 Å². The maximum atomic E-state index is 12.2. The smallest absolute Gasteiger partial charge is 0.228 e. The summed E-state index contributed by atoms with van der Waals surface area (Å²) in [6.45, 7) is 1.87. The molecule has 0 fully saturated rings. The molecule has 1 rings (SSSR count). The van der Waals surface area contributed by atoms with Crippen molar-refractivity contribution in [3.05, 3.63) is 35.4 Å². The van der Waals surface area contributed by atoms with Crippen molar-refractivity contribution in [2.24, 2.45) is 0 Å². The van der Waals surface area contributed by atoms with Crippen LogP contribution in [0.4, 0.5) is 13.2 Å². The zero-order chi connectivity index (χ0) is 11.5. The van der Waals surface area contributed by atoms with Crippen molar-refractivity contribution in [3.63, 3.8) is 0 Å². The molecule has 0 saturated heterocycles. The second-order valence-corrected chi connectivity index (χ2v) is 3.40. The van der Waals surface area contributed by atoms with Crippen LogP contribution in [0.5, 0.6) is 0 Å². The fourth-order valence-corrected chi connectivity index (χ4v) is 1.32. The standard InChI is InChI=1S/C11H12F3O/c1-2-3-10(15)8-4-6-9(7-5-8)11(12,13)14/h4-7,10H,2-3H2,1H3. The minimum Gasteiger partial charge on any atom is -0.228 e. The molecule has 0 aliphatic carbocycles. The number of alkyl halides is 3. The highest BCUT2D eigenvalue weighted by Gasteiger charge is 2.30. The normalized spacial score (nSPS) is 13.9. The maximum Gasteiger partial charge on any atom is 0.416 e. The minimum absolute atomic E-state index is 0.421. The van der Waals surface area contributed by atoms with E-state index in [1.165, 1.54) is 12.1 Å². The Labute approximate surface area is 86.5 Å². The van der Waals surface area contributed by atoms with Crippen LogP contribution in [-0.4, -0.2) is 0 Å². The molecule has 0 spiro atoms. The number of halogens is 3. The Morgan fingerprint density at radius 3 is 2.13 bits per heavy atom. The Bertz CT molecular complexity index is 303. The summed E-state index contributed by atoms with van der Waals surface area (Å²) in [7, 11) is 0. The van der Waals surface area contributed by atoms with Gasteiger partial charge in [0.2, 0.25) is 0 Å². The Morgan fingerprint density at radius 1 is 1.20 bits per heavy atom. The van der Waals surface area contributed by atoms with Crippen LogP contribution >= 0.6 is 0 Å². The van der Waals surface area contributed by atoms with Gasteiger partial charge in [-0.25, -0.2) is 5.11 Å². The van der Waals surface area contributed by atoms with Gasteiger partial charge in [-0.1, -0.05) is 25.5 Å². The first-order valence-corrected chi connectivity index (χ1v) is 4.78. The molecule has 0 amide bonds. The second-order valence-electron chi connectivity index (χ2n) is 3.40. The molecule has 1 aromatic carbocycles. The van der Waals surface area contributed by atoms with E-state index < -0.39 is 17.8 Å². The van der Waals surface area contributed by atoms with Gasteiger partial charge in [0.05, 0.1) is 5.56 Å². The van der Waals surface area contributed by atoms with E-state index in [0.717, 1.165) is 18.6 Å². The topological polar surface area (TPSA) is 19.9 Å². The van der Waals surface area contributed by atoms with Crippen LogP contribution in [0.25, 0.3) is 0 Å². The number of benzene rings is 1. The van der Waals surface area contributed by atoms with Gasteiger partial charge in [0.15, 0.2) is 0 Å². The fourth-order valence-electron chi connectivity index (χ4n) is 1.32. The van der Waals surface area contributed by atoms with Crippen molar-refractivity contribution in [1.29, 1.82) is 0 Å². The van der Waals surface area contributed by atoms with Gasteiger partial charge in [-0.15, -0.1) is 0 Å². The summed E-state index contributed by atoms with van der Waals surface area (Å²) in [5, 5.41) is 11.4. The first kappa shape index (κ1) is 12.0. The van der Waals surface area contributed by atoms with E-state index in [0.29, 0.717) is 12.0 Å². The van der Waals surface area contributed by atoms with Gasteiger partial charge in [-0.05, 0) is 24.1 Å². The molecule has 1 radical (unpaired) electrons. The van der Waals surface area contributed by atoms with E-state index in [4.69, 9.17) is 0 Å². The molecule has 0 aliphatic rings. The van der Waals surface area contributed by atoms with Crippen molar-refractivity contribution < 1.29 is 18.3 Å². The van der Waals surface area contributed by atoms with E-state index in [2.05, 4.69) is 0 Å². The molecule has 1 nitrogen and oxygen atoms in total. The predicted molar refractivity (Wildman–Crippen MR) is 49.8 cm³/mol. The van der Waals surface area contributed by atoms with Gasteiger partial charge < -0.3 is 0 Å². The van der Waals surface area contributed by atoms with Crippen molar-refractivity contribution in [3.8, 4) is 0 Å². The van der Waals surface area contributed by atoms with Crippen LogP contribution in [0.3, 0.4) is 0 Å². The molecular weight excluding hydrogens is 205 g/mol. The second kappa shape index (κ2) is 4.66. The van der Waals surface area contributed by atoms with E-state index in [1.807, 2.05) is 6.92 Å². The largest absolute Gasteiger partial charge is 0.416 e. The summed E-state index contributed by atoms with van der Waals surface area (Å²) in [6.07, 6.45) is -4.07. The highest BCUT2D eigenvalue weighted by molar-refractivity contribution is 5.25. The van der Waals surface area contributed by atoms with Gasteiger partial charge in [-0.3, -0.25) is 0 Å². The summed E-state index contributed by atoms with van der Waals surface area (Å²) in [6, 6.07) is 4.43. The van der Waals surface area contributed by atoms with Crippen molar-refractivity contribution in [2.75, 3.05) is 0 Å². The van der Waals surface area contributed by atoms with E-state index >= 15 is 0 Å². The Balaban J connectivity index is 2.81. The molecule has 0 aromatic heterocycles. The van der Waals surface area contributed by atoms with E-state index in [-0.39, 0.29) is 0 Å². The zero-order valence-electron chi connectivity index (χ0n) is 8.34. The van der Waals surface area contributed by atoms with Crippen molar-refractivity contribution >= 4 is 0 Å². The first-order valence-electron chi connectivity index (χ1n) is 4.78. The molecule has 0 heterocycles. The van der Waals surface area contributed by atoms with Gasteiger partial charge in [0, 0.05) is 0 Å². The molecule has 0 bridgehead atoms. The van der Waals surface area contributed by atoms with Gasteiger partial charge in [-0.2, -0.15) is 13.2 Å². The van der Waals surface area contributed by atoms with Gasteiger partial charge in [0.25, 0.3) is 0 Å². The molecule has 15 heavy (non-hydrogen) atoms. The average Bonchev–Trinajstić information content (AvgIpc) is 2.17. The van der Waals surface area contributed by atoms with Gasteiger partial charge >= 0.3 is 6.18 Å². The Morgan fingerprint density at radius 2 is 1.73 bits per heavy atom. The summed E-state index contributed by atoms with van der Waals surface area (Å²) in [4.78, 5) is 0. The third kappa shape index (κ3) is 3.23. The highest BCUT2D eigenvalue weighted by atomic mass is 19.4. The minimum atomic E-state index is -4.33. The molecule has 0 aliphatic heterocycles. The summed E-state index contributed by atoms with van der Waals surface area (Å²) in [5.41, 5.74) is -0.292. The summed E-state index contributed by atoms with van der Waals surface area (Å²) in [5.74, 6) is 0. The fraction of sp³-hybridized carbons (Fsp3) is 0.455. The molecule has 4 heteroatoms. The maximum absolute atomic E-state index is 12.2. The van der Waals surface area contributed by atoms with Crippen molar-refractivity contribution in [2.45, 2.75) is 32.0 Å². The predicted octanol–water partition coefficient (Wildman–Crippen LogP) is 3.98. The SMILES string of the molecule is CCCC([O])c1ccc(C(F)(F)F)cc1. The monoisotopic (exact) mass is 217 g/mol. The average molecular weight is 217 g/mol. The molecule has 1 atom stereocenters. The van der Waals surface area contributed by atoms with E-state index in [1.54, 1.807) is 0 Å². The molecule has 83 valence electrons. The molecule has 0 saturated carbocycles. The van der Waals surface area contributed by atoms with Crippen LogP contribution in [0.2, 0.25) is 0 Å². The van der Waals surface area contributed by atoms with Crippen LogP contribution in [0.15, 0.2) is 24.3 Å². The lowest BCUT2D eigenvalue weighted by atomic mass is 10.0. The highest BCUT2D eigenvalue weighted by Crippen LogP contribution is 2.30. The van der Waals surface area contributed by atoms with Crippen LogP contribution in [0, 0.1) is 0 Å². The Hall–Kier alpha value is -1.03. The summed E-state index contributed by atoms with van der Waals surface area (Å²) >= 11 is 0. The lowest BCUT2D eigenvalue weighted by Gasteiger charge is -2.10. The van der Waals surface area contributed by atoms with Gasteiger partial charge in [0.1, 0.15) is 6.10 Å². The molecule has 0 N–H and O–H groups in total. The van der Waals surface area contributed by atoms with Crippen LogP contribution in [0.1, 0.15) is 37.0 Å². The number of hydrogen-bond donors (Lipinski definition) is 0. The molecular formula is C11H12F3O. The Kier molecular flexibility index (Phi) is 3.74.